The molecule has 0 aliphatic rings. The maximum atomic E-state index is 12.8. The van der Waals surface area contributed by atoms with Crippen LogP contribution in [0.5, 0.6) is 0 Å². The van der Waals surface area contributed by atoms with Gasteiger partial charge < -0.3 is 16.0 Å². The van der Waals surface area contributed by atoms with E-state index in [2.05, 4.69) is 16.0 Å². The molecule has 0 radical (unpaired) electrons. The molecule has 0 saturated carbocycles. The Labute approximate surface area is 153 Å². The SMILES string of the molecule is CC(C)(C)C(=O)Nc1cccc(NCC(=O)NCc2ccc(F)cc2)c1. The van der Waals surface area contributed by atoms with Gasteiger partial charge in [0.25, 0.3) is 0 Å². The maximum Gasteiger partial charge on any atom is 0.239 e. The van der Waals surface area contributed by atoms with Crippen molar-refractivity contribution in [3.05, 3.63) is 59.9 Å². The number of carbonyl (C=O) groups is 2. The van der Waals surface area contributed by atoms with Crippen LogP contribution in [0.25, 0.3) is 0 Å². The van der Waals surface area contributed by atoms with E-state index in [-0.39, 0.29) is 24.2 Å². The van der Waals surface area contributed by atoms with E-state index in [1.54, 1.807) is 30.3 Å². The minimum absolute atomic E-state index is 0.0771. The van der Waals surface area contributed by atoms with E-state index < -0.39 is 5.41 Å². The number of halogens is 1. The molecule has 138 valence electrons. The zero-order chi connectivity index (χ0) is 19.2. The molecule has 2 amide bonds. The summed E-state index contributed by atoms with van der Waals surface area (Å²) >= 11 is 0. The molecule has 0 heterocycles. The van der Waals surface area contributed by atoms with Gasteiger partial charge in [0, 0.05) is 23.3 Å². The number of amides is 2. The Morgan fingerprint density at radius 3 is 2.31 bits per heavy atom. The number of rotatable bonds is 6. The second kappa shape index (κ2) is 8.47. The molecular weight excluding hydrogens is 333 g/mol. The monoisotopic (exact) mass is 357 g/mol. The summed E-state index contributed by atoms with van der Waals surface area (Å²) in [5.74, 6) is -0.565. The van der Waals surface area contributed by atoms with Gasteiger partial charge in [-0.15, -0.1) is 0 Å². The standard InChI is InChI=1S/C20H24FN3O2/c1-20(2,3)19(26)24-17-6-4-5-16(11-17)22-13-18(25)23-12-14-7-9-15(21)10-8-14/h4-11,22H,12-13H2,1-3H3,(H,23,25)(H,24,26). The fourth-order valence-corrected chi connectivity index (χ4v) is 2.07. The second-order valence-corrected chi connectivity index (χ2v) is 7.04. The number of nitrogens with one attached hydrogen (secondary N) is 3. The molecule has 5 nitrogen and oxygen atoms in total. The fraction of sp³-hybridized carbons (Fsp3) is 0.300. The first-order valence-corrected chi connectivity index (χ1v) is 8.40. The van der Waals surface area contributed by atoms with Gasteiger partial charge in [-0.1, -0.05) is 39.0 Å². The van der Waals surface area contributed by atoms with Gasteiger partial charge in [-0.25, -0.2) is 4.39 Å². The van der Waals surface area contributed by atoms with Crippen molar-refractivity contribution < 1.29 is 14.0 Å². The predicted octanol–water partition coefficient (Wildman–Crippen LogP) is 3.54. The van der Waals surface area contributed by atoms with E-state index in [0.29, 0.717) is 12.2 Å². The third-order valence-corrected chi connectivity index (χ3v) is 3.66. The van der Waals surface area contributed by atoms with Crippen molar-refractivity contribution in [2.75, 3.05) is 17.2 Å². The second-order valence-electron chi connectivity index (χ2n) is 7.04. The lowest BCUT2D eigenvalue weighted by Gasteiger charge is -2.18. The quantitative estimate of drug-likeness (QED) is 0.741. The Morgan fingerprint density at radius 2 is 1.65 bits per heavy atom. The van der Waals surface area contributed by atoms with Crippen molar-refractivity contribution in [2.45, 2.75) is 27.3 Å². The predicted molar refractivity (Wildman–Crippen MR) is 101 cm³/mol. The molecule has 0 spiro atoms. The Bertz CT molecular complexity index is 767. The first kappa shape index (κ1) is 19.4. The molecule has 2 aromatic rings. The molecule has 0 aliphatic carbocycles. The van der Waals surface area contributed by atoms with E-state index in [1.165, 1.54) is 12.1 Å². The van der Waals surface area contributed by atoms with E-state index in [1.807, 2.05) is 26.8 Å². The molecular formula is C20H24FN3O2. The van der Waals surface area contributed by atoms with Gasteiger partial charge in [0.15, 0.2) is 0 Å². The highest BCUT2D eigenvalue weighted by molar-refractivity contribution is 5.95. The summed E-state index contributed by atoms with van der Waals surface area (Å²) in [5, 5.41) is 8.63. The van der Waals surface area contributed by atoms with Crippen LogP contribution in [0.3, 0.4) is 0 Å². The molecule has 0 unspecified atom stereocenters. The van der Waals surface area contributed by atoms with Crippen molar-refractivity contribution in [1.82, 2.24) is 5.32 Å². The average molecular weight is 357 g/mol. The van der Waals surface area contributed by atoms with Crippen LogP contribution in [-0.2, 0) is 16.1 Å². The van der Waals surface area contributed by atoms with Gasteiger partial charge in [0.05, 0.1) is 6.54 Å². The summed E-state index contributed by atoms with van der Waals surface area (Å²) in [6.07, 6.45) is 0. The first-order chi connectivity index (χ1) is 12.2. The van der Waals surface area contributed by atoms with E-state index in [4.69, 9.17) is 0 Å². The molecule has 2 aromatic carbocycles. The molecule has 0 aromatic heterocycles. The minimum Gasteiger partial charge on any atom is -0.376 e. The topological polar surface area (TPSA) is 70.2 Å². The van der Waals surface area contributed by atoms with Crippen LogP contribution in [-0.4, -0.2) is 18.4 Å². The van der Waals surface area contributed by atoms with Crippen molar-refractivity contribution in [3.8, 4) is 0 Å². The zero-order valence-electron chi connectivity index (χ0n) is 15.2. The molecule has 6 heteroatoms. The Hall–Kier alpha value is -2.89. The van der Waals surface area contributed by atoms with Crippen LogP contribution in [0, 0.1) is 11.2 Å². The molecule has 3 N–H and O–H groups in total. The molecule has 0 fully saturated rings. The highest BCUT2D eigenvalue weighted by Gasteiger charge is 2.21. The number of hydrogen-bond acceptors (Lipinski definition) is 3. The Morgan fingerprint density at radius 1 is 1.00 bits per heavy atom. The minimum atomic E-state index is -0.482. The van der Waals surface area contributed by atoms with Gasteiger partial charge in [-0.3, -0.25) is 9.59 Å². The van der Waals surface area contributed by atoms with Crippen LogP contribution in [0.4, 0.5) is 15.8 Å². The van der Waals surface area contributed by atoms with Gasteiger partial charge in [0.1, 0.15) is 5.82 Å². The van der Waals surface area contributed by atoms with Crippen molar-refractivity contribution in [3.63, 3.8) is 0 Å². The zero-order valence-corrected chi connectivity index (χ0v) is 15.2. The highest BCUT2D eigenvalue weighted by Crippen LogP contribution is 2.19. The Kier molecular flexibility index (Phi) is 6.33. The number of anilines is 2. The van der Waals surface area contributed by atoms with E-state index >= 15 is 0 Å². The highest BCUT2D eigenvalue weighted by atomic mass is 19.1. The summed E-state index contributed by atoms with van der Waals surface area (Å²) in [6.45, 7) is 5.96. The summed E-state index contributed by atoms with van der Waals surface area (Å²) in [7, 11) is 0. The third kappa shape index (κ3) is 6.20. The lowest BCUT2D eigenvalue weighted by Crippen LogP contribution is -2.29. The van der Waals surface area contributed by atoms with E-state index in [0.717, 1.165) is 11.3 Å². The van der Waals surface area contributed by atoms with Crippen LogP contribution < -0.4 is 16.0 Å². The number of carbonyl (C=O) groups excluding carboxylic acids is 2. The van der Waals surface area contributed by atoms with Gasteiger partial charge in [-0.2, -0.15) is 0 Å². The van der Waals surface area contributed by atoms with Crippen molar-refractivity contribution in [2.24, 2.45) is 5.41 Å². The molecule has 26 heavy (non-hydrogen) atoms. The van der Waals surface area contributed by atoms with Crippen LogP contribution >= 0.6 is 0 Å². The van der Waals surface area contributed by atoms with Gasteiger partial charge in [-0.05, 0) is 35.9 Å². The number of hydrogen-bond donors (Lipinski definition) is 3. The average Bonchev–Trinajstić information content (AvgIpc) is 2.59. The third-order valence-electron chi connectivity index (χ3n) is 3.66. The number of benzene rings is 2. The van der Waals surface area contributed by atoms with Crippen molar-refractivity contribution >= 4 is 23.2 Å². The van der Waals surface area contributed by atoms with E-state index in [9.17, 15) is 14.0 Å². The summed E-state index contributed by atoms with van der Waals surface area (Å²) in [5.41, 5.74) is 1.74. The molecule has 0 atom stereocenters. The summed E-state index contributed by atoms with van der Waals surface area (Å²) in [6, 6.07) is 13.2. The first-order valence-electron chi connectivity index (χ1n) is 8.40. The molecule has 0 aliphatic heterocycles. The Balaban J connectivity index is 1.83. The summed E-state index contributed by atoms with van der Waals surface area (Å²) in [4.78, 5) is 24.0. The normalized spacial score (nSPS) is 10.9. The van der Waals surface area contributed by atoms with Crippen LogP contribution in [0.2, 0.25) is 0 Å². The van der Waals surface area contributed by atoms with Gasteiger partial charge >= 0.3 is 0 Å². The molecule has 0 saturated heterocycles. The largest absolute Gasteiger partial charge is 0.376 e. The van der Waals surface area contributed by atoms with Gasteiger partial charge in [0.2, 0.25) is 11.8 Å². The smallest absolute Gasteiger partial charge is 0.239 e. The fourth-order valence-electron chi connectivity index (χ4n) is 2.07. The van der Waals surface area contributed by atoms with Crippen molar-refractivity contribution in [1.29, 1.82) is 0 Å². The van der Waals surface area contributed by atoms with Crippen LogP contribution in [0.15, 0.2) is 48.5 Å². The maximum absolute atomic E-state index is 12.8. The lowest BCUT2D eigenvalue weighted by atomic mass is 9.95. The van der Waals surface area contributed by atoms with Crippen LogP contribution in [0.1, 0.15) is 26.3 Å². The lowest BCUT2D eigenvalue weighted by molar-refractivity contribution is -0.123. The molecule has 0 bridgehead atoms. The molecule has 2 rings (SSSR count). The summed E-state index contributed by atoms with van der Waals surface area (Å²) < 4.78 is 12.8.